The summed E-state index contributed by atoms with van der Waals surface area (Å²) < 4.78 is 0. The highest BCUT2D eigenvalue weighted by Gasteiger charge is 2.36. The summed E-state index contributed by atoms with van der Waals surface area (Å²) in [5.74, 6) is 0.491. The van der Waals surface area contributed by atoms with Gasteiger partial charge in [0.25, 0.3) is 0 Å². The van der Waals surface area contributed by atoms with Crippen molar-refractivity contribution < 1.29 is 5.11 Å². The molecule has 2 rings (SSSR count). The fourth-order valence-electron chi connectivity index (χ4n) is 2.41. The molecule has 0 heterocycles. The Hall–Kier alpha value is -0.860. The first-order chi connectivity index (χ1) is 7.19. The van der Waals surface area contributed by atoms with Gasteiger partial charge in [0.05, 0.1) is 0 Å². The SMILES string of the molecule is CC(CN)(CO)C1Cc2ccccc2C1. The van der Waals surface area contributed by atoms with Crippen molar-refractivity contribution in [3.8, 4) is 0 Å². The summed E-state index contributed by atoms with van der Waals surface area (Å²) in [5, 5.41) is 9.44. The van der Waals surface area contributed by atoms with Crippen molar-refractivity contribution in [3.05, 3.63) is 35.4 Å². The number of rotatable bonds is 3. The molecule has 1 atom stereocenters. The van der Waals surface area contributed by atoms with Crippen molar-refractivity contribution in [2.75, 3.05) is 13.2 Å². The molecule has 1 aliphatic rings. The molecule has 2 nitrogen and oxygen atoms in total. The smallest absolute Gasteiger partial charge is 0.0499 e. The van der Waals surface area contributed by atoms with Gasteiger partial charge in [-0.25, -0.2) is 0 Å². The van der Waals surface area contributed by atoms with Crippen molar-refractivity contribution in [2.24, 2.45) is 17.1 Å². The quantitative estimate of drug-likeness (QED) is 0.782. The van der Waals surface area contributed by atoms with Crippen molar-refractivity contribution in [3.63, 3.8) is 0 Å². The molecule has 0 amide bonds. The van der Waals surface area contributed by atoms with Gasteiger partial charge in [-0.2, -0.15) is 0 Å². The monoisotopic (exact) mass is 205 g/mol. The van der Waals surface area contributed by atoms with E-state index in [0.29, 0.717) is 12.5 Å². The summed E-state index contributed by atoms with van der Waals surface area (Å²) in [7, 11) is 0. The minimum absolute atomic E-state index is 0.126. The molecule has 0 aromatic heterocycles. The second-order valence-corrected chi connectivity index (χ2v) is 4.89. The van der Waals surface area contributed by atoms with Gasteiger partial charge in [-0.05, 0) is 29.9 Å². The standard InChI is InChI=1S/C13H19NO/c1-13(8-14,9-15)12-6-10-4-2-3-5-11(10)7-12/h2-5,12,15H,6-9,14H2,1H3. The van der Waals surface area contributed by atoms with Gasteiger partial charge in [-0.3, -0.25) is 0 Å². The van der Waals surface area contributed by atoms with Crippen LogP contribution in [0.3, 0.4) is 0 Å². The summed E-state index contributed by atoms with van der Waals surface area (Å²) in [5.41, 5.74) is 8.50. The van der Waals surface area contributed by atoms with Crippen LogP contribution in [0.2, 0.25) is 0 Å². The van der Waals surface area contributed by atoms with Gasteiger partial charge in [0.15, 0.2) is 0 Å². The van der Waals surface area contributed by atoms with Crippen LogP contribution in [0.25, 0.3) is 0 Å². The molecule has 1 aromatic rings. The second kappa shape index (κ2) is 3.95. The van der Waals surface area contributed by atoms with Crippen LogP contribution >= 0.6 is 0 Å². The topological polar surface area (TPSA) is 46.2 Å². The van der Waals surface area contributed by atoms with Crippen LogP contribution in [0.5, 0.6) is 0 Å². The molecule has 2 heteroatoms. The molecule has 1 aliphatic carbocycles. The molecule has 0 bridgehead atoms. The van der Waals surface area contributed by atoms with Crippen LogP contribution in [0.4, 0.5) is 0 Å². The van der Waals surface area contributed by atoms with Crippen LogP contribution in [0.15, 0.2) is 24.3 Å². The van der Waals surface area contributed by atoms with E-state index in [9.17, 15) is 5.11 Å². The summed E-state index contributed by atoms with van der Waals surface area (Å²) >= 11 is 0. The van der Waals surface area contributed by atoms with E-state index in [2.05, 4.69) is 31.2 Å². The lowest BCUT2D eigenvalue weighted by atomic mass is 9.76. The van der Waals surface area contributed by atoms with Crippen LogP contribution in [-0.4, -0.2) is 18.3 Å². The van der Waals surface area contributed by atoms with E-state index in [0.717, 1.165) is 12.8 Å². The Bertz CT molecular complexity index is 319. The Morgan fingerprint density at radius 2 is 1.87 bits per heavy atom. The Morgan fingerprint density at radius 3 is 2.27 bits per heavy atom. The summed E-state index contributed by atoms with van der Waals surface area (Å²) in [6, 6.07) is 8.53. The minimum Gasteiger partial charge on any atom is -0.396 e. The van der Waals surface area contributed by atoms with Gasteiger partial charge in [-0.15, -0.1) is 0 Å². The van der Waals surface area contributed by atoms with Gasteiger partial charge in [0.2, 0.25) is 0 Å². The van der Waals surface area contributed by atoms with Gasteiger partial charge in [0.1, 0.15) is 0 Å². The largest absolute Gasteiger partial charge is 0.396 e. The molecule has 3 N–H and O–H groups in total. The maximum Gasteiger partial charge on any atom is 0.0499 e. The molecular formula is C13H19NO. The predicted octanol–water partition coefficient (Wildman–Crippen LogP) is 1.36. The third-order valence-electron chi connectivity index (χ3n) is 3.86. The molecular weight excluding hydrogens is 186 g/mol. The molecule has 0 fully saturated rings. The Morgan fingerprint density at radius 1 is 1.33 bits per heavy atom. The van der Waals surface area contributed by atoms with Gasteiger partial charge < -0.3 is 10.8 Å². The van der Waals surface area contributed by atoms with Crippen molar-refractivity contribution in [1.29, 1.82) is 0 Å². The highest BCUT2D eigenvalue weighted by Crippen LogP contribution is 2.37. The molecule has 0 aliphatic heterocycles. The number of nitrogens with two attached hydrogens (primary N) is 1. The normalized spacial score (nSPS) is 19.9. The van der Waals surface area contributed by atoms with Crippen LogP contribution in [0, 0.1) is 11.3 Å². The Kier molecular flexibility index (Phi) is 2.81. The molecule has 0 spiro atoms. The number of benzene rings is 1. The molecule has 1 aromatic carbocycles. The van der Waals surface area contributed by atoms with Gasteiger partial charge >= 0.3 is 0 Å². The first-order valence-corrected chi connectivity index (χ1v) is 5.57. The third-order valence-corrected chi connectivity index (χ3v) is 3.86. The van der Waals surface area contributed by atoms with E-state index in [1.165, 1.54) is 11.1 Å². The van der Waals surface area contributed by atoms with Crippen molar-refractivity contribution in [2.45, 2.75) is 19.8 Å². The van der Waals surface area contributed by atoms with Crippen LogP contribution in [0.1, 0.15) is 18.1 Å². The van der Waals surface area contributed by atoms with E-state index in [1.54, 1.807) is 0 Å². The molecule has 0 saturated heterocycles. The highest BCUT2D eigenvalue weighted by atomic mass is 16.3. The molecule has 15 heavy (non-hydrogen) atoms. The first kappa shape index (κ1) is 10.7. The van der Waals surface area contributed by atoms with E-state index in [-0.39, 0.29) is 12.0 Å². The first-order valence-electron chi connectivity index (χ1n) is 5.57. The lowest BCUT2D eigenvalue weighted by Crippen LogP contribution is -2.39. The van der Waals surface area contributed by atoms with E-state index >= 15 is 0 Å². The second-order valence-electron chi connectivity index (χ2n) is 4.89. The number of hydrogen-bond donors (Lipinski definition) is 2. The number of hydrogen-bond acceptors (Lipinski definition) is 2. The van der Waals surface area contributed by atoms with E-state index in [1.807, 2.05) is 0 Å². The third kappa shape index (κ3) is 1.80. The van der Waals surface area contributed by atoms with Crippen LogP contribution in [-0.2, 0) is 12.8 Å². The fourth-order valence-corrected chi connectivity index (χ4v) is 2.41. The minimum atomic E-state index is -0.126. The number of aliphatic hydroxyl groups is 1. The summed E-state index contributed by atoms with van der Waals surface area (Å²) in [6.45, 7) is 2.83. The Balaban J connectivity index is 2.19. The van der Waals surface area contributed by atoms with Crippen molar-refractivity contribution in [1.82, 2.24) is 0 Å². The van der Waals surface area contributed by atoms with Gasteiger partial charge in [0, 0.05) is 18.6 Å². The molecule has 1 unspecified atom stereocenters. The molecule has 0 saturated carbocycles. The van der Waals surface area contributed by atoms with Crippen molar-refractivity contribution >= 4 is 0 Å². The maximum absolute atomic E-state index is 9.44. The average Bonchev–Trinajstić information content (AvgIpc) is 2.72. The molecule has 0 radical (unpaired) electrons. The van der Waals surface area contributed by atoms with E-state index in [4.69, 9.17) is 5.73 Å². The lowest BCUT2D eigenvalue weighted by molar-refractivity contribution is 0.0904. The lowest BCUT2D eigenvalue weighted by Gasteiger charge is -2.32. The highest BCUT2D eigenvalue weighted by molar-refractivity contribution is 5.32. The summed E-state index contributed by atoms with van der Waals surface area (Å²) in [6.07, 6.45) is 2.12. The van der Waals surface area contributed by atoms with Crippen LogP contribution < -0.4 is 5.73 Å². The summed E-state index contributed by atoms with van der Waals surface area (Å²) in [4.78, 5) is 0. The fraction of sp³-hybridized carbons (Fsp3) is 0.538. The number of fused-ring (bicyclic) bond motifs is 1. The maximum atomic E-state index is 9.44. The Labute approximate surface area is 91.1 Å². The van der Waals surface area contributed by atoms with E-state index < -0.39 is 0 Å². The average molecular weight is 205 g/mol. The zero-order valence-electron chi connectivity index (χ0n) is 9.24. The number of aliphatic hydroxyl groups excluding tert-OH is 1. The zero-order chi connectivity index (χ0) is 10.9. The molecule has 82 valence electrons. The zero-order valence-corrected chi connectivity index (χ0v) is 9.24. The van der Waals surface area contributed by atoms with Gasteiger partial charge in [-0.1, -0.05) is 31.2 Å². The predicted molar refractivity (Wildman–Crippen MR) is 61.6 cm³/mol.